The van der Waals surface area contributed by atoms with E-state index in [-0.39, 0.29) is 10.8 Å². The third kappa shape index (κ3) is 2.42. The van der Waals surface area contributed by atoms with Crippen molar-refractivity contribution in [2.24, 2.45) is 35.5 Å². The first-order valence-electron chi connectivity index (χ1n) is 13.5. The zero-order valence-electron chi connectivity index (χ0n) is 19.2. The quantitative estimate of drug-likeness (QED) is 0.531. The van der Waals surface area contributed by atoms with Crippen LogP contribution in [0.5, 0.6) is 11.5 Å². The fourth-order valence-electron chi connectivity index (χ4n) is 11.3. The molecule has 8 saturated carbocycles. The summed E-state index contributed by atoms with van der Waals surface area (Å²) in [7, 11) is 0. The van der Waals surface area contributed by atoms with Crippen molar-refractivity contribution in [3.8, 4) is 11.5 Å². The van der Waals surface area contributed by atoms with E-state index < -0.39 is 0 Å². The molecule has 2 N–H and O–H groups in total. The standard InChI is InChI=1S/C30H36O2/c31-23-1-2-24-25(9-23)28(30-14-20-6-21(15-30)8-22(7-20)16-30)27(32)10-26(24)29-11-17-3-18(12-29)5-19(4-17)13-29/h1-2,9-10,17-22,31-32H,3-8,11-16H2. The highest BCUT2D eigenvalue weighted by Crippen LogP contribution is 2.65. The van der Waals surface area contributed by atoms with Crippen LogP contribution in [0.4, 0.5) is 0 Å². The highest BCUT2D eigenvalue weighted by molar-refractivity contribution is 5.93. The molecule has 0 radical (unpaired) electrons. The molecule has 8 aliphatic rings. The van der Waals surface area contributed by atoms with Crippen molar-refractivity contribution in [1.29, 1.82) is 0 Å². The molecule has 0 heterocycles. The molecular formula is C30H36O2. The number of aromatic hydroxyl groups is 2. The van der Waals surface area contributed by atoms with E-state index in [1.54, 1.807) is 0 Å². The average molecular weight is 429 g/mol. The lowest BCUT2D eigenvalue weighted by Gasteiger charge is -2.58. The van der Waals surface area contributed by atoms with Crippen LogP contribution in [0.1, 0.15) is 88.2 Å². The van der Waals surface area contributed by atoms with Gasteiger partial charge in [0.05, 0.1) is 0 Å². The molecule has 2 aromatic carbocycles. The van der Waals surface area contributed by atoms with E-state index in [1.807, 2.05) is 12.1 Å². The van der Waals surface area contributed by atoms with Crippen LogP contribution in [0.25, 0.3) is 10.8 Å². The molecule has 8 aliphatic carbocycles. The van der Waals surface area contributed by atoms with Gasteiger partial charge in [0, 0.05) is 11.0 Å². The van der Waals surface area contributed by atoms with Crippen molar-refractivity contribution in [2.45, 2.75) is 87.9 Å². The van der Waals surface area contributed by atoms with Gasteiger partial charge in [-0.15, -0.1) is 0 Å². The predicted octanol–water partition coefficient (Wildman–Crippen LogP) is 7.19. The summed E-state index contributed by atoms with van der Waals surface area (Å²) in [5.74, 6) is 6.10. The molecule has 2 heteroatoms. The number of hydrogen-bond donors (Lipinski definition) is 2. The van der Waals surface area contributed by atoms with E-state index >= 15 is 0 Å². The van der Waals surface area contributed by atoms with Crippen LogP contribution < -0.4 is 0 Å². The van der Waals surface area contributed by atoms with Crippen molar-refractivity contribution >= 4 is 10.8 Å². The van der Waals surface area contributed by atoms with Gasteiger partial charge in [0.2, 0.25) is 0 Å². The summed E-state index contributed by atoms with van der Waals surface area (Å²) in [5, 5.41) is 24.9. The lowest BCUT2D eigenvalue weighted by molar-refractivity contribution is -0.00671. The molecule has 2 aromatic rings. The second-order valence-corrected chi connectivity index (χ2v) is 13.4. The van der Waals surface area contributed by atoms with Crippen molar-refractivity contribution in [3.05, 3.63) is 35.4 Å². The molecule has 0 amide bonds. The molecule has 0 saturated heterocycles. The molecule has 10 rings (SSSR count). The molecule has 168 valence electrons. The first-order chi connectivity index (χ1) is 15.5. The minimum Gasteiger partial charge on any atom is -0.508 e. The van der Waals surface area contributed by atoms with E-state index in [9.17, 15) is 10.2 Å². The van der Waals surface area contributed by atoms with Gasteiger partial charge >= 0.3 is 0 Å². The maximum Gasteiger partial charge on any atom is 0.120 e. The minimum atomic E-state index is 0.130. The predicted molar refractivity (Wildman–Crippen MR) is 127 cm³/mol. The van der Waals surface area contributed by atoms with Crippen molar-refractivity contribution in [3.63, 3.8) is 0 Å². The second kappa shape index (κ2) is 6.05. The number of benzene rings is 2. The second-order valence-electron chi connectivity index (χ2n) is 13.4. The van der Waals surface area contributed by atoms with Crippen LogP contribution >= 0.6 is 0 Å². The van der Waals surface area contributed by atoms with Crippen molar-refractivity contribution in [2.75, 3.05) is 0 Å². The molecule has 0 aromatic heterocycles. The van der Waals surface area contributed by atoms with Gasteiger partial charge in [0.15, 0.2) is 0 Å². The summed E-state index contributed by atoms with van der Waals surface area (Å²) in [4.78, 5) is 0. The summed E-state index contributed by atoms with van der Waals surface area (Å²) in [5.41, 5.74) is 3.00. The molecule has 0 atom stereocenters. The molecule has 2 nitrogen and oxygen atoms in total. The van der Waals surface area contributed by atoms with Crippen LogP contribution in [-0.2, 0) is 10.8 Å². The van der Waals surface area contributed by atoms with Crippen LogP contribution in [0.15, 0.2) is 24.3 Å². The molecule has 0 spiro atoms. The average Bonchev–Trinajstić information content (AvgIpc) is 2.70. The third-order valence-electron chi connectivity index (χ3n) is 11.3. The van der Waals surface area contributed by atoms with Crippen LogP contribution in [-0.4, -0.2) is 10.2 Å². The largest absolute Gasteiger partial charge is 0.508 e. The maximum atomic E-state index is 11.8. The summed E-state index contributed by atoms with van der Waals surface area (Å²) < 4.78 is 0. The topological polar surface area (TPSA) is 40.5 Å². The zero-order valence-corrected chi connectivity index (χ0v) is 19.2. The Morgan fingerprint density at radius 2 is 1.03 bits per heavy atom. The van der Waals surface area contributed by atoms with E-state index in [0.29, 0.717) is 11.5 Å². The summed E-state index contributed by atoms with van der Waals surface area (Å²) in [6.45, 7) is 0. The Kier molecular flexibility index (Phi) is 3.53. The van der Waals surface area contributed by atoms with Gasteiger partial charge < -0.3 is 10.2 Å². The Morgan fingerprint density at radius 1 is 0.562 bits per heavy atom. The van der Waals surface area contributed by atoms with Gasteiger partial charge in [-0.1, -0.05) is 6.07 Å². The first-order valence-corrected chi connectivity index (χ1v) is 13.5. The van der Waals surface area contributed by atoms with Crippen molar-refractivity contribution in [1.82, 2.24) is 0 Å². The monoisotopic (exact) mass is 428 g/mol. The number of phenols is 2. The Labute approximate surface area is 191 Å². The third-order valence-corrected chi connectivity index (χ3v) is 11.3. The molecule has 8 bridgehead atoms. The normalized spacial score (nSPS) is 45.8. The van der Waals surface area contributed by atoms with E-state index in [0.717, 1.165) is 35.5 Å². The molecule has 8 fully saturated rings. The van der Waals surface area contributed by atoms with Crippen LogP contribution in [0, 0.1) is 35.5 Å². The van der Waals surface area contributed by atoms with Gasteiger partial charge in [0.25, 0.3) is 0 Å². The summed E-state index contributed by atoms with van der Waals surface area (Å²) in [6.07, 6.45) is 16.2. The van der Waals surface area contributed by atoms with E-state index in [4.69, 9.17) is 0 Å². The lowest BCUT2D eigenvalue weighted by atomic mass is 9.46. The fourth-order valence-corrected chi connectivity index (χ4v) is 11.3. The summed E-state index contributed by atoms with van der Waals surface area (Å²) in [6, 6.07) is 8.34. The van der Waals surface area contributed by atoms with Gasteiger partial charge in [-0.05, 0) is 153 Å². The Morgan fingerprint density at radius 3 is 1.53 bits per heavy atom. The molecule has 0 aliphatic heterocycles. The number of hydrogen-bond acceptors (Lipinski definition) is 2. The molecule has 32 heavy (non-hydrogen) atoms. The number of phenolic OH excluding ortho intramolecular Hbond substituents is 2. The fraction of sp³-hybridized carbons (Fsp3) is 0.667. The van der Waals surface area contributed by atoms with Crippen LogP contribution in [0.3, 0.4) is 0 Å². The van der Waals surface area contributed by atoms with Crippen molar-refractivity contribution < 1.29 is 10.2 Å². The van der Waals surface area contributed by atoms with Gasteiger partial charge in [-0.3, -0.25) is 0 Å². The molecular weight excluding hydrogens is 392 g/mol. The lowest BCUT2D eigenvalue weighted by Crippen LogP contribution is -2.49. The van der Waals surface area contributed by atoms with Crippen LogP contribution in [0.2, 0.25) is 0 Å². The van der Waals surface area contributed by atoms with E-state index in [2.05, 4.69) is 12.1 Å². The minimum absolute atomic E-state index is 0.130. The highest BCUT2D eigenvalue weighted by Gasteiger charge is 2.55. The number of fused-ring (bicyclic) bond motifs is 1. The zero-order chi connectivity index (χ0) is 21.2. The first kappa shape index (κ1) is 18.7. The smallest absolute Gasteiger partial charge is 0.120 e. The maximum absolute atomic E-state index is 11.8. The summed E-state index contributed by atoms with van der Waals surface area (Å²) >= 11 is 0. The number of rotatable bonds is 2. The SMILES string of the molecule is Oc1ccc2c(C34CC5CC(CC(C5)C3)C4)cc(O)c(C34CC5CC(CC(C5)C3)C4)c2c1. The van der Waals surface area contributed by atoms with Gasteiger partial charge in [0.1, 0.15) is 11.5 Å². The molecule has 0 unspecified atom stereocenters. The van der Waals surface area contributed by atoms with Gasteiger partial charge in [-0.25, -0.2) is 0 Å². The Hall–Kier alpha value is -1.70. The Balaban J connectivity index is 1.35. The van der Waals surface area contributed by atoms with E-state index in [1.165, 1.54) is 98.9 Å². The Bertz CT molecular complexity index is 1060. The van der Waals surface area contributed by atoms with Gasteiger partial charge in [-0.2, -0.15) is 0 Å². The highest BCUT2D eigenvalue weighted by atomic mass is 16.3.